The molecule has 0 aliphatic heterocycles. The summed E-state index contributed by atoms with van der Waals surface area (Å²) in [7, 11) is 0. The quantitative estimate of drug-likeness (QED) is 0.135. The first-order chi connectivity index (χ1) is 25.7. The number of benzene rings is 7. The molecule has 0 aliphatic rings. The Morgan fingerprint density at radius 2 is 0.885 bits per heavy atom. The van der Waals surface area contributed by atoms with Crippen LogP contribution in [-0.4, -0.2) is 19.5 Å². The SMILES string of the molecule is O=c1oc2ccccc2c2ccc(-c3ccc4c(c3)c3ccccc3n4-c3ccc(-c4nc(-c5ccccc5)nc(-c5ccccc5)n4)cc3)cc12. The molecule has 6 nitrogen and oxygen atoms in total. The monoisotopic (exact) mass is 668 g/mol. The molecule has 10 rings (SSSR count). The first-order valence-corrected chi connectivity index (χ1v) is 17.1. The summed E-state index contributed by atoms with van der Waals surface area (Å²) >= 11 is 0. The minimum atomic E-state index is -0.332. The standard InChI is InChI=1S/C46H28N4O2/c51-46-39-28-32(21-25-35(39)37-16-8-10-18-42(37)52-46)33-22-26-41-38(27-33)36-15-7-9-17-40(36)50(41)34-23-19-31(20-24-34)45-48-43(29-11-3-1-4-12-29)47-44(49-45)30-13-5-2-6-14-30/h1-28H. The van der Waals surface area contributed by atoms with Crippen molar-refractivity contribution in [3.8, 4) is 51.0 Å². The van der Waals surface area contributed by atoms with Crippen LogP contribution in [0.2, 0.25) is 0 Å². The van der Waals surface area contributed by atoms with Gasteiger partial charge in [0.05, 0.1) is 16.4 Å². The summed E-state index contributed by atoms with van der Waals surface area (Å²) in [5.74, 6) is 1.88. The van der Waals surface area contributed by atoms with Gasteiger partial charge in [0.2, 0.25) is 0 Å². The Kier molecular flexibility index (Phi) is 6.86. The lowest BCUT2D eigenvalue weighted by Crippen LogP contribution is -2.00. The Hall–Kier alpha value is -7.18. The Morgan fingerprint density at radius 3 is 1.56 bits per heavy atom. The highest BCUT2D eigenvalue weighted by Gasteiger charge is 2.16. The topological polar surface area (TPSA) is 73.8 Å². The van der Waals surface area contributed by atoms with Crippen molar-refractivity contribution in [2.75, 3.05) is 0 Å². The van der Waals surface area contributed by atoms with E-state index in [1.807, 2.05) is 97.1 Å². The fourth-order valence-electron chi connectivity index (χ4n) is 7.19. The smallest absolute Gasteiger partial charge is 0.344 e. The fourth-order valence-corrected chi connectivity index (χ4v) is 7.19. The number of rotatable bonds is 5. The molecule has 0 fully saturated rings. The van der Waals surface area contributed by atoms with Crippen molar-refractivity contribution < 1.29 is 4.42 Å². The van der Waals surface area contributed by atoms with E-state index in [1.165, 1.54) is 0 Å². The predicted molar refractivity (Wildman–Crippen MR) is 209 cm³/mol. The Labute approximate surface area is 297 Å². The molecule has 3 heterocycles. The number of fused-ring (bicyclic) bond motifs is 6. The van der Waals surface area contributed by atoms with E-state index in [9.17, 15) is 4.79 Å². The van der Waals surface area contributed by atoms with Gasteiger partial charge >= 0.3 is 5.63 Å². The number of hydrogen-bond acceptors (Lipinski definition) is 5. The minimum absolute atomic E-state index is 0.332. The van der Waals surface area contributed by atoms with Crippen LogP contribution in [-0.2, 0) is 0 Å². The molecule has 0 aliphatic carbocycles. The van der Waals surface area contributed by atoms with E-state index in [1.54, 1.807) is 0 Å². The third kappa shape index (κ3) is 4.96. The summed E-state index contributed by atoms with van der Waals surface area (Å²) in [5, 5.41) is 4.66. The molecule has 0 spiro atoms. The maximum absolute atomic E-state index is 13.0. The lowest BCUT2D eigenvalue weighted by Gasteiger charge is -2.11. The summed E-state index contributed by atoms with van der Waals surface area (Å²) in [6.45, 7) is 0. The molecule has 3 aromatic heterocycles. The molecular formula is C46H28N4O2. The molecule has 0 N–H and O–H groups in total. The first kappa shape index (κ1) is 29.7. The second-order valence-electron chi connectivity index (χ2n) is 12.8. The second-order valence-corrected chi connectivity index (χ2v) is 12.8. The highest BCUT2D eigenvalue weighted by Crippen LogP contribution is 2.36. The summed E-state index contributed by atoms with van der Waals surface area (Å²) in [6.07, 6.45) is 0. The largest absolute Gasteiger partial charge is 0.422 e. The van der Waals surface area contributed by atoms with E-state index >= 15 is 0 Å². The molecule has 0 radical (unpaired) electrons. The number of para-hydroxylation sites is 2. The maximum atomic E-state index is 13.0. The van der Waals surface area contributed by atoms with Crippen molar-refractivity contribution in [2.45, 2.75) is 0 Å². The molecule has 0 bridgehead atoms. The van der Waals surface area contributed by atoms with Crippen molar-refractivity contribution in [1.29, 1.82) is 0 Å². The molecular weight excluding hydrogens is 641 g/mol. The molecule has 0 atom stereocenters. The highest BCUT2D eigenvalue weighted by molar-refractivity contribution is 6.11. The van der Waals surface area contributed by atoms with E-state index in [0.717, 1.165) is 66.1 Å². The van der Waals surface area contributed by atoms with Gasteiger partial charge in [0.15, 0.2) is 17.5 Å². The van der Waals surface area contributed by atoms with Gasteiger partial charge in [-0.05, 0) is 71.1 Å². The van der Waals surface area contributed by atoms with Crippen molar-refractivity contribution in [3.63, 3.8) is 0 Å². The van der Waals surface area contributed by atoms with Gasteiger partial charge in [-0.2, -0.15) is 0 Å². The zero-order chi connectivity index (χ0) is 34.6. The van der Waals surface area contributed by atoms with E-state index in [2.05, 4.69) is 77.4 Å². The number of hydrogen-bond donors (Lipinski definition) is 0. The van der Waals surface area contributed by atoms with Crippen molar-refractivity contribution in [3.05, 3.63) is 180 Å². The van der Waals surface area contributed by atoms with Crippen LogP contribution >= 0.6 is 0 Å². The van der Waals surface area contributed by atoms with Crippen LogP contribution < -0.4 is 5.63 Å². The zero-order valence-corrected chi connectivity index (χ0v) is 27.8. The molecule has 0 saturated carbocycles. The average Bonchev–Trinajstić information content (AvgIpc) is 3.55. The molecule has 10 aromatic rings. The van der Waals surface area contributed by atoms with Crippen LogP contribution in [0.5, 0.6) is 0 Å². The van der Waals surface area contributed by atoms with Crippen LogP contribution in [0, 0.1) is 0 Å². The Bertz CT molecular complexity index is 2960. The van der Waals surface area contributed by atoms with Crippen LogP contribution in [0.15, 0.2) is 179 Å². The predicted octanol–water partition coefficient (Wildman–Crippen LogP) is 10.9. The zero-order valence-electron chi connectivity index (χ0n) is 27.8. The van der Waals surface area contributed by atoms with Gasteiger partial charge in [0, 0.05) is 38.5 Å². The summed E-state index contributed by atoms with van der Waals surface area (Å²) < 4.78 is 7.95. The maximum Gasteiger partial charge on any atom is 0.344 e. The van der Waals surface area contributed by atoms with E-state index in [0.29, 0.717) is 28.4 Å². The highest BCUT2D eigenvalue weighted by atomic mass is 16.4. The van der Waals surface area contributed by atoms with Crippen molar-refractivity contribution in [1.82, 2.24) is 19.5 Å². The van der Waals surface area contributed by atoms with E-state index < -0.39 is 0 Å². The van der Waals surface area contributed by atoms with Gasteiger partial charge in [0.25, 0.3) is 0 Å². The van der Waals surface area contributed by atoms with Crippen LogP contribution in [0.4, 0.5) is 0 Å². The molecule has 7 aromatic carbocycles. The van der Waals surface area contributed by atoms with E-state index in [-0.39, 0.29) is 5.63 Å². The third-order valence-corrected chi connectivity index (χ3v) is 9.71. The molecule has 0 saturated heterocycles. The van der Waals surface area contributed by atoms with Gasteiger partial charge in [-0.3, -0.25) is 0 Å². The van der Waals surface area contributed by atoms with Crippen LogP contribution in [0.25, 0.3) is 94.5 Å². The van der Waals surface area contributed by atoms with Gasteiger partial charge in [-0.1, -0.05) is 115 Å². The van der Waals surface area contributed by atoms with E-state index in [4.69, 9.17) is 19.4 Å². The second kappa shape index (κ2) is 12.0. The van der Waals surface area contributed by atoms with Crippen molar-refractivity contribution in [2.24, 2.45) is 0 Å². The summed E-state index contributed by atoms with van der Waals surface area (Å²) in [6, 6.07) is 57.1. The Balaban J connectivity index is 1.07. The molecule has 0 amide bonds. The molecule has 0 unspecified atom stereocenters. The van der Waals surface area contributed by atoms with Gasteiger partial charge < -0.3 is 8.98 Å². The fraction of sp³-hybridized carbons (Fsp3) is 0. The average molecular weight is 669 g/mol. The lowest BCUT2D eigenvalue weighted by molar-refractivity contribution is 0.569. The van der Waals surface area contributed by atoms with Crippen LogP contribution in [0.3, 0.4) is 0 Å². The number of nitrogens with zero attached hydrogens (tertiary/aromatic N) is 4. The molecule has 244 valence electrons. The first-order valence-electron chi connectivity index (χ1n) is 17.1. The summed E-state index contributed by atoms with van der Waals surface area (Å²) in [4.78, 5) is 27.7. The lowest BCUT2D eigenvalue weighted by atomic mass is 9.99. The van der Waals surface area contributed by atoms with Crippen molar-refractivity contribution >= 4 is 43.5 Å². The summed E-state index contributed by atoms with van der Waals surface area (Å²) in [5.41, 5.74) is 8.23. The minimum Gasteiger partial charge on any atom is -0.422 e. The molecule has 52 heavy (non-hydrogen) atoms. The number of aromatic nitrogens is 4. The normalized spacial score (nSPS) is 11.5. The van der Waals surface area contributed by atoms with Crippen LogP contribution in [0.1, 0.15) is 0 Å². The molecule has 6 heteroatoms. The third-order valence-electron chi connectivity index (χ3n) is 9.71. The van der Waals surface area contributed by atoms with Gasteiger partial charge in [0.1, 0.15) is 5.58 Å². The Morgan fingerprint density at radius 1 is 0.385 bits per heavy atom. The van der Waals surface area contributed by atoms with Gasteiger partial charge in [-0.15, -0.1) is 0 Å². The van der Waals surface area contributed by atoms with Gasteiger partial charge in [-0.25, -0.2) is 19.7 Å².